The number of hydrogen-bond acceptors (Lipinski definition) is 4. The van der Waals surface area contributed by atoms with E-state index in [-0.39, 0.29) is 5.92 Å². The predicted molar refractivity (Wildman–Crippen MR) is 142 cm³/mol. The van der Waals surface area contributed by atoms with Crippen LogP contribution < -0.4 is 4.90 Å². The van der Waals surface area contributed by atoms with E-state index in [9.17, 15) is 4.79 Å². The molecule has 0 N–H and O–H groups in total. The van der Waals surface area contributed by atoms with Gasteiger partial charge >= 0.3 is 0 Å². The minimum absolute atomic E-state index is 0.107. The molecule has 1 aromatic heterocycles. The zero-order valence-corrected chi connectivity index (χ0v) is 22.3. The summed E-state index contributed by atoms with van der Waals surface area (Å²) < 4.78 is 2.10. The van der Waals surface area contributed by atoms with Crippen LogP contribution in [0.3, 0.4) is 0 Å². The highest BCUT2D eigenvalue weighted by molar-refractivity contribution is 5.79. The van der Waals surface area contributed by atoms with Crippen molar-refractivity contribution in [3.8, 4) is 5.69 Å². The Bertz CT molecular complexity index is 899. The second kappa shape index (κ2) is 12.4. The summed E-state index contributed by atoms with van der Waals surface area (Å²) in [6, 6.07) is 10.4. The molecular formula is C28H45N5O. The van der Waals surface area contributed by atoms with Gasteiger partial charge in [0.1, 0.15) is 5.82 Å². The van der Waals surface area contributed by atoms with Crippen LogP contribution in [-0.2, 0) is 11.3 Å². The molecule has 2 aromatic rings. The number of likely N-dealkylation sites (N-methyl/N-ethyl adjacent to an activating group) is 1. The number of carbonyl (C=O) groups excluding carboxylic acids is 1. The molecular weight excluding hydrogens is 422 g/mol. The molecule has 1 aromatic carbocycles. The van der Waals surface area contributed by atoms with Crippen molar-refractivity contribution in [3.05, 3.63) is 41.6 Å². The van der Waals surface area contributed by atoms with Crippen LogP contribution >= 0.6 is 0 Å². The van der Waals surface area contributed by atoms with Crippen LogP contribution in [0.4, 0.5) is 5.82 Å². The van der Waals surface area contributed by atoms with Gasteiger partial charge in [-0.1, -0.05) is 58.7 Å². The van der Waals surface area contributed by atoms with Gasteiger partial charge < -0.3 is 14.7 Å². The van der Waals surface area contributed by atoms with Gasteiger partial charge in [0.15, 0.2) is 0 Å². The summed E-state index contributed by atoms with van der Waals surface area (Å²) in [4.78, 5) is 20.7. The first-order valence-electron chi connectivity index (χ1n) is 13.2. The topological polar surface area (TPSA) is 44.6 Å². The Labute approximate surface area is 206 Å². The molecule has 0 aliphatic carbocycles. The number of carbonyl (C=O) groups is 1. The van der Waals surface area contributed by atoms with E-state index in [1.165, 1.54) is 5.56 Å². The van der Waals surface area contributed by atoms with Crippen molar-refractivity contribution >= 4 is 11.7 Å². The van der Waals surface area contributed by atoms with E-state index in [4.69, 9.17) is 5.10 Å². The number of piperazine rings is 1. The molecule has 1 aliphatic rings. The number of nitrogens with zero attached hydrogens (tertiary/aromatic N) is 5. The summed E-state index contributed by atoms with van der Waals surface area (Å²) in [6.45, 7) is 16.3. The smallest absolute Gasteiger partial charge is 0.225 e. The Kier molecular flexibility index (Phi) is 9.57. The number of amides is 1. The standard InChI is InChI=1S/C28H45N5O/c1-7-9-13-24(8-2)28(34)32(20-22(3)4)21-26-23(5)29-33(25-14-11-10-12-15-25)27(26)31-18-16-30(6)17-19-31/h10-12,14-15,22,24H,7-9,13,16-21H2,1-6H3/t24-/m1/s1. The average molecular weight is 468 g/mol. The van der Waals surface area contributed by atoms with Gasteiger partial charge in [-0.15, -0.1) is 0 Å². The van der Waals surface area contributed by atoms with Gasteiger partial charge in [0, 0.05) is 44.2 Å². The van der Waals surface area contributed by atoms with Gasteiger partial charge in [-0.25, -0.2) is 4.68 Å². The normalized spacial score (nSPS) is 15.7. The second-order valence-electron chi connectivity index (χ2n) is 10.3. The van der Waals surface area contributed by atoms with Crippen LogP contribution in [0.1, 0.15) is 64.6 Å². The second-order valence-corrected chi connectivity index (χ2v) is 10.3. The SMILES string of the molecule is CCCC[C@@H](CC)C(=O)N(Cc1c(C)nn(-c2ccccc2)c1N1CCN(C)CC1)CC(C)C. The highest BCUT2D eigenvalue weighted by Crippen LogP contribution is 2.30. The van der Waals surface area contributed by atoms with Crippen molar-refractivity contribution < 1.29 is 4.79 Å². The molecule has 0 unspecified atom stereocenters. The van der Waals surface area contributed by atoms with E-state index in [0.717, 1.165) is 75.6 Å². The van der Waals surface area contributed by atoms with E-state index < -0.39 is 0 Å². The number of hydrogen-bond donors (Lipinski definition) is 0. The van der Waals surface area contributed by atoms with Crippen LogP contribution in [0.15, 0.2) is 30.3 Å². The number of benzene rings is 1. The number of aromatic nitrogens is 2. The zero-order valence-electron chi connectivity index (χ0n) is 22.3. The quantitative estimate of drug-likeness (QED) is 0.459. The summed E-state index contributed by atoms with van der Waals surface area (Å²) in [5.41, 5.74) is 3.27. The third kappa shape index (κ3) is 6.41. The largest absolute Gasteiger partial charge is 0.354 e. The summed E-state index contributed by atoms with van der Waals surface area (Å²) in [7, 11) is 2.18. The molecule has 2 heterocycles. The lowest BCUT2D eigenvalue weighted by Crippen LogP contribution is -2.46. The molecule has 1 saturated heterocycles. The number of rotatable bonds is 11. The summed E-state index contributed by atoms with van der Waals surface area (Å²) >= 11 is 0. The molecule has 1 atom stereocenters. The molecule has 1 aliphatic heterocycles. The molecule has 1 amide bonds. The number of unbranched alkanes of at least 4 members (excludes halogenated alkanes) is 1. The fraction of sp³-hybridized carbons (Fsp3) is 0.643. The Morgan fingerprint density at radius 3 is 2.35 bits per heavy atom. The highest BCUT2D eigenvalue weighted by atomic mass is 16.2. The molecule has 0 radical (unpaired) electrons. The summed E-state index contributed by atoms with van der Waals surface area (Å²) in [6.07, 6.45) is 4.12. The van der Waals surface area contributed by atoms with Crippen molar-refractivity contribution in [2.24, 2.45) is 11.8 Å². The molecule has 0 spiro atoms. The molecule has 0 bridgehead atoms. The first-order chi connectivity index (χ1) is 16.3. The van der Waals surface area contributed by atoms with Crippen LogP contribution in [0.25, 0.3) is 5.69 Å². The van der Waals surface area contributed by atoms with Gasteiger partial charge in [-0.2, -0.15) is 5.10 Å². The van der Waals surface area contributed by atoms with Crippen LogP contribution in [0.5, 0.6) is 0 Å². The number of aryl methyl sites for hydroxylation is 1. The fourth-order valence-corrected chi connectivity index (χ4v) is 4.90. The third-order valence-corrected chi connectivity index (χ3v) is 6.96. The van der Waals surface area contributed by atoms with E-state index in [1.54, 1.807) is 0 Å². The first kappa shape index (κ1) is 26.3. The molecule has 34 heavy (non-hydrogen) atoms. The van der Waals surface area contributed by atoms with Crippen molar-refractivity contribution in [2.45, 2.75) is 66.8 Å². The van der Waals surface area contributed by atoms with Crippen molar-refractivity contribution in [1.82, 2.24) is 19.6 Å². The first-order valence-corrected chi connectivity index (χ1v) is 13.2. The Hall–Kier alpha value is -2.34. The lowest BCUT2D eigenvalue weighted by Gasteiger charge is -2.35. The predicted octanol–water partition coefficient (Wildman–Crippen LogP) is 5.13. The molecule has 188 valence electrons. The van der Waals surface area contributed by atoms with E-state index in [2.05, 4.69) is 85.3 Å². The molecule has 3 rings (SSSR count). The Balaban J connectivity index is 2.00. The highest BCUT2D eigenvalue weighted by Gasteiger charge is 2.29. The van der Waals surface area contributed by atoms with E-state index in [1.807, 2.05) is 6.07 Å². The van der Waals surface area contributed by atoms with Gasteiger partial charge in [-0.05, 0) is 44.9 Å². The maximum absolute atomic E-state index is 13.7. The summed E-state index contributed by atoms with van der Waals surface area (Å²) in [5.74, 6) is 1.99. The van der Waals surface area contributed by atoms with Gasteiger partial charge in [0.25, 0.3) is 0 Å². The van der Waals surface area contributed by atoms with Crippen LogP contribution in [-0.4, -0.2) is 65.3 Å². The van der Waals surface area contributed by atoms with Crippen molar-refractivity contribution in [3.63, 3.8) is 0 Å². The van der Waals surface area contributed by atoms with Crippen LogP contribution in [0, 0.1) is 18.8 Å². The van der Waals surface area contributed by atoms with E-state index >= 15 is 0 Å². The molecule has 6 nitrogen and oxygen atoms in total. The maximum atomic E-state index is 13.7. The molecule has 0 saturated carbocycles. The number of anilines is 1. The molecule has 1 fully saturated rings. The zero-order chi connectivity index (χ0) is 24.7. The van der Waals surface area contributed by atoms with Crippen molar-refractivity contribution in [2.75, 3.05) is 44.7 Å². The average Bonchev–Trinajstić information content (AvgIpc) is 3.15. The summed E-state index contributed by atoms with van der Waals surface area (Å²) in [5, 5.41) is 5.00. The third-order valence-electron chi connectivity index (χ3n) is 6.96. The fourth-order valence-electron chi connectivity index (χ4n) is 4.90. The van der Waals surface area contributed by atoms with Crippen molar-refractivity contribution in [1.29, 1.82) is 0 Å². The Morgan fingerprint density at radius 1 is 1.09 bits per heavy atom. The lowest BCUT2D eigenvalue weighted by atomic mass is 9.97. The van der Waals surface area contributed by atoms with Gasteiger partial charge in [-0.3, -0.25) is 4.79 Å². The minimum Gasteiger partial charge on any atom is -0.354 e. The van der Waals surface area contributed by atoms with Gasteiger partial charge in [0.05, 0.1) is 17.9 Å². The van der Waals surface area contributed by atoms with Crippen LogP contribution in [0.2, 0.25) is 0 Å². The van der Waals surface area contributed by atoms with Gasteiger partial charge in [0.2, 0.25) is 5.91 Å². The molecule has 6 heteroatoms. The lowest BCUT2D eigenvalue weighted by molar-refractivity contribution is -0.137. The Morgan fingerprint density at radius 2 is 1.76 bits per heavy atom. The monoisotopic (exact) mass is 467 g/mol. The maximum Gasteiger partial charge on any atom is 0.225 e. The minimum atomic E-state index is 0.107. The number of para-hydroxylation sites is 1. The van der Waals surface area contributed by atoms with E-state index in [0.29, 0.717) is 18.4 Å².